The lowest BCUT2D eigenvalue weighted by atomic mass is 10.2. The first-order chi connectivity index (χ1) is 6.15. The highest BCUT2D eigenvalue weighted by Crippen LogP contribution is 2.09. The fraction of sp³-hybridized carbons (Fsp3) is 0.556. The van der Waals surface area contributed by atoms with Crippen molar-refractivity contribution in [3.05, 3.63) is 27.9 Å². The van der Waals surface area contributed by atoms with E-state index in [4.69, 9.17) is 11.6 Å². The Balaban J connectivity index is 2.95. The molecule has 72 valence electrons. The van der Waals surface area contributed by atoms with Crippen LogP contribution in [0.5, 0.6) is 0 Å². The van der Waals surface area contributed by atoms with Crippen LogP contribution in [0, 0.1) is 0 Å². The third-order valence-electron chi connectivity index (χ3n) is 1.98. The Labute approximate surface area is 82.4 Å². The van der Waals surface area contributed by atoms with Crippen molar-refractivity contribution in [1.82, 2.24) is 9.55 Å². The number of nitrogens with zero attached hydrogens (tertiary/aromatic N) is 2. The third-order valence-corrected chi connectivity index (χ3v) is 2.19. The normalized spacial score (nSPS) is 12.8. The molecule has 13 heavy (non-hydrogen) atoms. The zero-order valence-electron chi connectivity index (χ0n) is 7.83. The zero-order valence-corrected chi connectivity index (χ0v) is 8.58. The van der Waals surface area contributed by atoms with E-state index in [1.807, 2.05) is 6.92 Å². The Hall–Kier alpha value is -0.830. The molecule has 1 aromatic rings. The van der Waals surface area contributed by atoms with Crippen LogP contribution in [-0.4, -0.2) is 9.55 Å². The van der Waals surface area contributed by atoms with Crippen molar-refractivity contribution in [2.75, 3.05) is 0 Å². The summed E-state index contributed by atoms with van der Waals surface area (Å²) in [5.74, 6) is 0. The van der Waals surface area contributed by atoms with Crippen LogP contribution < -0.4 is 5.56 Å². The maximum Gasteiger partial charge on any atom is 0.255 e. The fourth-order valence-corrected chi connectivity index (χ4v) is 1.41. The Bertz CT molecular complexity index is 335. The maximum atomic E-state index is 11.4. The van der Waals surface area contributed by atoms with Crippen LogP contribution >= 0.6 is 11.6 Å². The summed E-state index contributed by atoms with van der Waals surface area (Å²) < 4.78 is 1.61. The molecule has 0 aliphatic heterocycles. The Morgan fingerprint density at radius 2 is 2.38 bits per heavy atom. The molecule has 3 nitrogen and oxygen atoms in total. The van der Waals surface area contributed by atoms with E-state index in [2.05, 4.69) is 11.9 Å². The van der Waals surface area contributed by atoms with Crippen LogP contribution in [0.25, 0.3) is 0 Å². The molecule has 1 rings (SSSR count). The van der Waals surface area contributed by atoms with Crippen LogP contribution in [0.15, 0.2) is 17.2 Å². The average Bonchev–Trinajstić information content (AvgIpc) is 2.04. The van der Waals surface area contributed by atoms with E-state index in [0.29, 0.717) is 0 Å². The predicted octanol–water partition coefficient (Wildman–Crippen LogP) is 2.26. The van der Waals surface area contributed by atoms with E-state index in [0.717, 1.165) is 12.8 Å². The van der Waals surface area contributed by atoms with E-state index < -0.39 is 0 Å². The second-order valence-electron chi connectivity index (χ2n) is 3.09. The summed E-state index contributed by atoms with van der Waals surface area (Å²) >= 11 is 5.57. The molecule has 0 spiro atoms. The number of hydrogen-bond donors (Lipinski definition) is 0. The van der Waals surface area contributed by atoms with E-state index in [9.17, 15) is 4.79 Å². The van der Waals surface area contributed by atoms with Crippen LogP contribution in [-0.2, 0) is 0 Å². The molecular formula is C9H13ClN2O. The Morgan fingerprint density at radius 3 is 2.92 bits per heavy atom. The van der Waals surface area contributed by atoms with Crippen molar-refractivity contribution in [3.63, 3.8) is 0 Å². The van der Waals surface area contributed by atoms with Crippen LogP contribution in [0.2, 0.25) is 5.15 Å². The predicted molar refractivity (Wildman–Crippen MR) is 53.1 cm³/mol. The van der Waals surface area contributed by atoms with Gasteiger partial charge in [0.2, 0.25) is 0 Å². The first kappa shape index (κ1) is 10.3. The molecule has 1 unspecified atom stereocenters. The SMILES string of the molecule is CCCC(C)n1cnc(Cl)cc1=O. The van der Waals surface area contributed by atoms with Crippen molar-refractivity contribution < 1.29 is 0 Å². The van der Waals surface area contributed by atoms with Gasteiger partial charge in [-0.2, -0.15) is 0 Å². The first-order valence-corrected chi connectivity index (χ1v) is 4.76. The summed E-state index contributed by atoms with van der Waals surface area (Å²) in [6.45, 7) is 4.09. The van der Waals surface area contributed by atoms with Gasteiger partial charge in [0.25, 0.3) is 5.56 Å². The number of hydrogen-bond acceptors (Lipinski definition) is 2. The van der Waals surface area contributed by atoms with Crippen LogP contribution in [0.3, 0.4) is 0 Å². The molecule has 0 aliphatic rings. The summed E-state index contributed by atoms with van der Waals surface area (Å²) in [5.41, 5.74) is -0.0825. The third kappa shape index (κ3) is 2.56. The minimum atomic E-state index is -0.0825. The molecule has 0 bridgehead atoms. The number of aromatic nitrogens is 2. The Kier molecular flexibility index (Phi) is 3.48. The quantitative estimate of drug-likeness (QED) is 0.702. The van der Waals surface area contributed by atoms with Gasteiger partial charge in [-0.15, -0.1) is 0 Å². The molecule has 1 aromatic heterocycles. The molecule has 0 aliphatic carbocycles. The highest BCUT2D eigenvalue weighted by Gasteiger charge is 2.05. The van der Waals surface area contributed by atoms with E-state index in [1.54, 1.807) is 4.57 Å². The Morgan fingerprint density at radius 1 is 1.69 bits per heavy atom. The minimum absolute atomic E-state index is 0.0825. The number of rotatable bonds is 3. The average molecular weight is 201 g/mol. The van der Waals surface area contributed by atoms with Gasteiger partial charge in [0, 0.05) is 12.1 Å². The molecule has 0 saturated heterocycles. The van der Waals surface area contributed by atoms with E-state index >= 15 is 0 Å². The second kappa shape index (κ2) is 4.42. The summed E-state index contributed by atoms with van der Waals surface area (Å²) in [6.07, 6.45) is 3.53. The molecule has 0 N–H and O–H groups in total. The molecule has 0 aromatic carbocycles. The molecule has 0 radical (unpaired) electrons. The molecule has 1 atom stereocenters. The van der Waals surface area contributed by atoms with Crippen molar-refractivity contribution in [2.45, 2.75) is 32.7 Å². The maximum absolute atomic E-state index is 11.4. The molecule has 4 heteroatoms. The summed E-state index contributed by atoms with van der Waals surface area (Å²) in [6, 6.07) is 1.54. The monoisotopic (exact) mass is 200 g/mol. The van der Waals surface area contributed by atoms with Gasteiger partial charge < -0.3 is 0 Å². The lowest BCUT2D eigenvalue weighted by Crippen LogP contribution is -2.22. The molecular weight excluding hydrogens is 188 g/mol. The summed E-state index contributed by atoms with van der Waals surface area (Å²) in [4.78, 5) is 15.3. The van der Waals surface area contributed by atoms with Gasteiger partial charge in [-0.3, -0.25) is 9.36 Å². The number of halogens is 1. The second-order valence-corrected chi connectivity index (χ2v) is 3.48. The van der Waals surface area contributed by atoms with Crippen molar-refractivity contribution in [2.24, 2.45) is 0 Å². The summed E-state index contributed by atoms with van der Waals surface area (Å²) in [5, 5.41) is 0.255. The molecule has 1 heterocycles. The van der Waals surface area contributed by atoms with Gasteiger partial charge in [-0.25, -0.2) is 4.98 Å². The van der Waals surface area contributed by atoms with Gasteiger partial charge >= 0.3 is 0 Å². The van der Waals surface area contributed by atoms with Gasteiger partial charge in [0.05, 0.1) is 6.33 Å². The highest BCUT2D eigenvalue weighted by molar-refractivity contribution is 6.29. The van der Waals surface area contributed by atoms with E-state index in [-0.39, 0.29) is 16.8 Å². The highest BCUT2D eigenvalue weighted by atomic mass is 35.5. The van der Waals surface area contributed by atoms with Crippen LogP contribution in [0.1, 0.15) is 32.7 Å². The largest absolute Gasteiger partial charge is 0.296 e. The minimum Gasteiger partial charge on any atom is -0.296 e. The smallest absolute Gasteiger partial charge is 0.255 e. The summed E-state index contributed by atoms with van der Waals surface area (Å²) in [7, 11) is 0. The van der Waals surface area contributed by atoms with E-state index in [1.165, 1.54) is 12.4 Å². The van der Waals surface area contributed by atoms with Crippen molar-refractivity contribution in [1.29, 1.82) is 0 Å². The topological polar surface area (TPSA) is 34.9 Å². The molecule has 0 amide bonds. The van der Waals surface area contributed by atoms with Crippen molar-refractivity contribution in [3.8, 4) is 0 Å². The molecule has 0 saturated carbocycles. The lowest BCUT2D eigenvalue weighted by molar-refractivity contribution is 0.480. The standard InChI is InChI=1S/C9H13ClN2O/c1-3-4-7(2)12-6-11-8(10)5-9(12)13/h5-7H,3-4H2,1-2H3. The fourth-order valence-electron chi connectivity index (χ4n) is 1.28. The van der Waals surface area contributed by atoms with Gasteiger partial charge in [0.1, 0.15) is 5.15 Å². The van der Waals surface area contributed by atoms with Gasteiger partial charge in [-0.05, 0) is 13.3 Å². The van der Waals surface area contributed by atoms with Crippen molar-refractivity contribution >= 4 is 11.6 Å². The van der Waals surface area contributed by atoms with Gasteiger partial charge in [0.15, 0.2) is 0 Å². The van der Waals surface area contributed by atoms with Gasteiger partial charge in [-0.1, -0.05) is 24.9 Å². The zero-order chi connectivity index (χ0) is 9.84. The first-order valence-electron chi connectivity index (χ1n) is 4.38. The molecule has 0 fully saturated rings. The lowest BCUT2D eigenvalue weighted by Gasteiger charge is -2.12. The van der Waals surface area contributed by atoms with Crippen LogP contribution in [0.4, 0.5) is 0 Å².